The van der Waals surface area contributed by atoms with Crippen molar-refractivity contribution in [3.8, 4) is 15.4 Å². The van der Waals surface area contributed by atoms with Crippen molar-refractivity contribution in [1.29, 1.82) is 0 Å². The van der Waals surface area contributed by atoms with E-state index in [0.717, 1.165) is 72.5 Å². The smallest absolute Gasteiger partial charge is 0.306 e. The number of carbonyl (C=O) groups excluding carboxylic acids is 3. The van der Waals surface area contributed by atoms with Crippen LogP contribution in [-0.4, -0.2) is 114 Å². The molecule has 0 spiro atoms. The first-order valence-electron chi connectivity index (χ1n) is 22.8. The molecule has 0 bridgehead atoms. The summed E-state index contributed by atoms with van der Waals surface area (Å²) in [5, 5.41) is 36.2. The molecule has 1 fully saturated rings. The van der Waals surface area contributed by atoms with Crippen molar-refractivity contribution in [1.82, 2.24) is 40.2 Å². The summed E-state index contributed by atoms with van der Waals surface area (Å²) >= 11 is 3.21. The minimum absolute atomic E-state index is 0.00304. The normalized spacial score (nSPS) is 19.4. The highest BCUT2D eigenvalue weighted by Gasteiger charge is 2.45. The lowest BCUT2D eigenvalue weighted by Gasteiger charge is -2.35. The number of hydrogen-bond acceptors (Lipinski definition) is 12. The fraction of sp³-hybridized carbons (Fsp3) is 0.440. The average Bonchev–Trinajstić information content (AvgIpc) is 4.06. The molecule has 6 heterocycles. The number of thiophene rings is 1. The van der Waals surface area contributed by atoms with Crippen LogP contribution < -0.4 is 10.6 Å². The number of amides is 3. The van der Waals surface area contributed by atoms with Crippen molar-refractivity contribution < 1.29 is 29.4 Å². The van der Waals surface area contributed by atoms with E-state index >= 15 is 0 Å². The molecule has 3 aromatic heterocycles. The number of aliphatic hydroxyl groups is 1. The summed E-state index contributed by atoms with van der Waals surface area (Å²) in [4.78, 5) is 68.8. The first kappa shape index (κ1) is 47.6. The Morgan fingerprint density at radius 3 is 2.28 bits per heavy atom. The first-order valence-corrected chi connectivity index (χ1v) is 24.5. The number of aliphatic imine (C=N–C) groups is 1. The number of fused-ring (bicyclic) bond motifs is 3. The molecule has 5 atom stereocenters. The van der Waals surface area contributed by atoms with Crippen LogP contribution in [0.15, 0.2) is 65.1 Å². The van der Waals surface area contributed by atoms with Crippen molar-refractivity contribution in [2.45, 2.75) is 111 Å². The van der Waals surface area contributed by atoms with Gasteiger partial charge in [0.25, 0.3) is 0 Å². The lowest BCUT2D eigenvalue weighted by atomic mass is 9.85. The molecular formula is C50H59N9O6S2. The number of rotatable bonds is 13. The Balaban J connectivity index is 0.878. The van der Waals surface area contributed by atoms with Gasteiger partial charge in [0.2, 0.25) is 17.7 Å². The van der Waals surface area contributed by atoms with Gasteiger partial charge in [0.1, 0.15) is 29.0 Å². The number of likely N-dealkylation sites (tertiary alicyclic amines) is 1. The van der Waals surface area contributed by atoms with Crippen molar-refractivity contribution in [2.24, 2.45) is 10.4 Å². The van der Waals surface area contributed by atoms with Crippen LogP contribution in [0.2, 0.25) is 0 Å². The summed E-state index contributed by atoms with van der Waals surface area (Å²) in [6.07, 6.45) is 2.19. The summed E-state index contributed by atoms with van der Waals surface area (Å²) in [7, 11) is 0. The lowest BCUT2D eigenvalue weighted by Crippen LogP contribution is -2.58. The second-order valence-corrected chi connectivity index (χ2v) is 21.0. The van der Waals surface area contributed by atoms with E-state index < -0.39 is 41.5 Å². The maximum atomic E-state index is 14.3. The van der Waals surface area contributed by atoms with Crippen LogP contribution in [0.3, 0.4) is 0 Å². The van der Waals surface area contributed by atoms with Crippen LogP contribution in [0.4, 0.5) is 0 Å². The molecule has 67 heavy (non-hydrogen) atoms. The van der Waals surface area contributed by atoms with Gasteiger partial charge >= 0.3 is 5.97 Å². The summed E-state index contributed by atoms with van der Waals surface area (Å²) in [5.41, 5.74) is 10.1. The number of aryl methyl sites for hydroxylation is 3. The zero-order valence-electron chi connectivity index (χ0n) is 39.3. The van der Waals surface area contributed by atoms with Gasteiger partial charge in [-0.25, -0.2) is 4.98 Å². The molecule has 3 aliphatic heterocycles. The molecule has 15 nitrogen and oxygen atoms in total. The van der Waals surface area contributed by atoms with Crippen LogP contribution >= 0.6 is 22.7 Å². The number of nitrogens with zero attached hydrogens (tertiary/aromatic N) is 7. The summed E-state index contributed by atoms with van der Waals surface area (Å²) in [6.45, 7) is 17.5. The van der Waals surface area contributed by atoms with E-state index in [1.807, 2.05) is 75.9 Å². The fourth-order valence-corrected chi connectivity index (χ4v) is 11.2. The summed E-state index contributed by atoms with van der Waals surface area (Å²) in [6, 6.07) is 13.4. The summed E-state index contributed by atoms with van der Waals surface area (Å²) < 4.78 is 1.95. The molecule has 2 unspecified atom stereocenters. The summed E-state index contributed by atoms with van der Waals surface area (Å²) in [5.74, 6) is -0.750. The molecule has 0 aliphatic carbocycles. The molecule has 17 heteroatoms. The van der Waals surface area contributed by atoms with E-state index in [1.54, 1.807) is 22.7 Å². The average molecular weight is 946 g/mol. The van der Waals surface area contributed by atoms with Crippen molar-refractivity contribution in [2.75, 3.05) is 26.2 Å². The number of nitrogens with one attached hydrogen (secondary N) is 2. The van der Waals surface area contributed by atoms with Crippen molar-refractivity contribution >= 4 is 57.6 Å². The number of carboxylic acid groups (broad SMARTS) is 1. The zero-order chi connectivity index (χ0) is 47.9. The van der Waals surface area contributed by atoms with Gasteiger partial charge in [0.15, 0.2) is 5.82 Å². The first-order chi connectivity index (χ1) is 31.9. The minimum atomic E-state index is -0.959. The van der Waals surface area contributed by atoms with E-state index in [2.05, 4.69) is 74.9 Å². The number of hydrogen-bond donors (Lipinski definition) is 4. The number of carbonyl (C=O) groups is 4. The predicted molar refractivity (Wildman–Crippen MR) is 261 cm³/mol. The molecule has 3 aliphatic rings. The third-order valence-corrected chi connectivity index (χ3v) is 15.3. The third-order valence-electron chi connectivity index (χ3n) is 13.1. The quantitative estimate of drug-likeness (QED) is 0.0965. The van der Waals surface area contributed by atoms with Gasteiger partial charge in [-0.15, -0.1) is 32.9 Å². The van der Waals surface area contributed by atoms with E-state index in [1.165, 1.54) is 10.5 Å². The van der Waals surface area contributed by atoms with E-state index in [0.29, 0.717) is 24.7 Å². The number of thiazole rings is 1. The topological polar surface area (TPSA) is 195 Å². The van der Waals surface area contributed by atoms with Gasteiger partial charge < -0.3 is 25.7 Å². The Labute approximate surface area is 399 Å². The number of aliphatic carboxylic acids is 1. The van der Waals surface area contributed by atoms with Gasteiger partial charge in [-0.05, 0) is 74.3 Å². The van der Waals surface area contributed by atoms with Gasteiger partial charge in [-0.2, -0.15) is 0 Å². The van der Waals surface area contributed by atoms with Gasteiger partial charge in [0.05, 0.1) is 40.4 Å². The predicted octanol–water partition coefficient (Wildman–Crippen LogP) is 6.90. The van der Waals surface area contributed by atoms with Crippen LogP contribution in [0.5, 0.6) is 0 Å². The second-order valence-electron chi connectivity index (χ2n) is 19.0. The fourth-order valence-electron chi connectivity index (χ4n) is 9.22. The van der Waals surface area contributed by atoms with Gasteiger partial charge in [-0.1, -0.05) is 75.4 Å². The highest BCUT2D eigenvalue weighted by Crippen LogP contribution is 2.40. The number of aliphatic hydroxyl groups excluding tert-OH is 1. The van der Waals surface area contributed by atoms with Crippen LogP contribution in [0.1, 0.15) is 115 Å². The molecule has 8 rings (SSSR count). The Hall–Kier alpha value is -5.88. The Morgan fingerprint density at radius 1 is 0.940 bits per heavy atom. The van der Waals surface area contributed by atoms with E-state index in [-0.39, 0.29) is 43.7 Å². The largest absolute Gasteiger partial charge is 0.481 e. The molecule has 5 aromatic rings. The molecule has 0 radical (unpaired) electrons. The van der Waals surface area contributed by atoms with Crippen molar-refractivity contribution in [3.05, 3.63) is 110 Å². The Bertz CT molecular complexity index is 2750. The highest BCUT2D eigenvalue weighted by molar-refractivity contribution is 7.15. The number of carboxylic acids is 1. The third kappa shape index (κ3) is 10.1. The molecule has 2 aromatic carbocycles. The van der Waals surface area contributed by atoms with Gasteiger partial charge in [-0.3, -0.25) is 33.6 Å². The van der Waals surface area contributed by atoms with Gasteiger partial charge in [0, 0.05) is 55.0 Å². The molecule has 352 valence electrons. The van der Waals surface area contributed by atoms with Crippen LogP contribution in [0.25, 0.3) is 21.0 Å². The molecule has 0 saturated carbocycles. The monoisotopic (exact) mass is 945 g/mol. The van der Waals surface area contributed by atoms with E-state index in [4.69, 9.17) is 4.99 Å². The Morgan fingerprint density at radius 2 is 1.64 bits per heavy atom. The SMILES string of the molecule is Cc1ncsc1-c1ccc(C(C)NC(=O)[C@@H]2C[C@@H](O)CN2C(=O)C(NC(=O)CCN2CC=C(c3ccc(C4=N[C@@H](CC(=O)O)c5nnc(C)n5-c5sc(C)c(C)c54)cc3)CC2)C(C)(C)C)cc1. The molecule has 4 N–H and O–H groups in total. The molecular weight excluding hydrogens is 887 g/mol. The van der Waals surface area contributed by atoms with Crippen molar-refractivity contribution in [3.63, 3.8) is 0 Å². The molecule has 3 amide bonds. The lowest BCUT2D eigenvalue weighted by molar-refractivity contribution is -0.144. The molecule has 1 saturated heterocycles. The van der Waals surface area contributed by atoms with E-state index in [9.17, 15) is 29.4 Å². The maximum Gasteiger partial charge on any atom is 0.306 e. The number of benzene rings is 2. The highest BCUT2D eigenvalue weighted by atomic mass is 32.1. The maximum absolute atomic E-state index is 14.3. The zero-order valence-corrected chi connectivity index (χ0v) is 40.9. The van der Waals surface area contributed by atoms with Crippen LogP contribution in [0, 0.1) is 33.1 Å². The second kappa shape index (κ2) is 19.4. The number of aromatic nitrogens is 4. The standard InChI is InChI=1S/C50H59N9O6S2/c1-27-30(4)67-49-42(27)43(53-38(24-41(62)63)46-56-55-31(5)59(46)49)35-13-11-33(12-14-35)34-17-20-57(21-18-34)22-19-40(61)54-45(50(6,7)8)48(65)58-25-37(60)23-39(58)47(64)52-28(2)32-9-15-36(16-10-32)44-29(3)51-26-66-44/h9-17,26,28,37-39,45,60H,18-25H2,1-8H3,(H,52,64)(H,54,61)(H,62,63)/t28?,37-,38+,39+,45?/m1/s1. The van der Waals surface area contributed by atoms with Crippen LogP contribution in [-0.2, 0) is 19.2 Å². The number of β-amino-alcohol motifs (C(OH)–C–C–N with tert-alkyl or cyclic N) is 1. The Kier molecular flexibility index (Phi) is 13.8. The minimum Gasteiger partial charge on any atom is -0.481 e.